The summed E-state index contributed by atoms with van der Waals surface area (Å²) in [7, 11) is 0. The molecule has 1 fully saturated rings. The molecule has 0 saturated carbocycles. The molecule has 0 bridgehead atoms. The van der Waals surface area contributed by atoms with Gasteiger partial charge < -0.3 is 21.1 Å². The fourth-order valence-electron chi connectivity index (χ4n) is 3.26. The minimum Gasteiger partial charge on any atom is -0.380 e. The van der Waals surface area contributed by atoms with Crippen molar-refractivity contribution >= 4 is 44.9 Å². The second kappa shape index (κ2) is 7.35. The predicted molar refractivity (Wildman–Crippen MR) is 109 cm³/mol. The van der Waals surface area contributed by atoms with Gasteiger partial charge in [0.05, 0.1) is 34.8 Å². The zero-order chi connectivity index (χ0) is 19.8. The van der Waals surface area contributed by atoms with E-state index in [0.29, 0.717) is 41.7 Å². The van der Waals surface area contributed by atoms with Gasteiger partial charge in [-0.25, -0.2) is 15.0 Å². The van der Waals surface area contributed by atoms with Crippen LogP contribution in [-0.2, 0) is 4.74 Å². The molecule has 1 aliphatic rings. The Morgan fingerprint density at radius 1 is 1.34 bits per heavy atom. The van der Waals surface area contributed by atoms with Crippen LogP contribution in [0.4, 0.5) is 11.8 Å². The fourth-order valence-corrected chi connectivity index (χ4v) is 4.11. The highest BCUT2D eigenvalue weighted by molar-refractivity contribution is 7.17. The van der Waals surface area contributed by atoms with Gasteiger partial charge in [-0.2, -0.15) is 9.61 Å². The maximum Gasteiger partial charge on any atom is 0.259 e. The van der Waals surface area contributed by atoms with Crippen molar-refractivity contribution in [2.24, 2.45) is 5.73 Å². The number of carbonyl (C=O) groups excluding carboxylic acids is 1. The highest BCUT2D eigenvalue weighted by atomic mass is 32.1. The largest absolute Gasteiger partial charge is 0.380 e. The van der Waals surface area contributed by atoms with Crippen LogP contribution < -0.4 is 16.4 Å². The van der Waals surface area contributed by atoms with Crippen molar-refractivity contribution in [2.45, 2.75) is 18.5 Å². The molecular weight excluding hydrogens is 392 g/mol. The summed E-state index contributed by atoms with van der Waals surface area (Å²) in [6.45, 7) is 1.15. The number of fused-ring (bicyclic) bond motifs is 2. The number of amides is 1. The Morgan fingerprint density at radius 3 is 3.17 bits per heavy atom. The van der Waals surface area contributed by atoms with Crippen molar-refractivity contribution in [1.29, 1.82) is 0 Å². The van der Waals surface area contributed by atoms with E-state index in [9.17, 15) is 4.79 Å². The molecule has 0 aromatic carbocycles. The first-order valence-electron chi connectivity index (χ1n) is 9.13. The Morgan fingerprint density at radius 2 is 2.28 bits per heavy atom. The number of ether oxygens (including phenoxy) is 1. The van der Waals surface area contributed by atoms with E-state index in [1.165, 1.54) is 11.3 Å². The molecular formula is C18H18N8O2S. The van der Waals surface area contributed by atoms with Crippen LogP contribution in [0.25, 0.3) is 15.9 Å². The number of thiophene rings is 1. The number of carbonyl (C=O) groups is 1. The van der Waals surface area contributed by atoms with E-state index in [4.69, 9.17) is 10.5 Å². The van der Waals surface area contributed by atoms with E-state index >= 15 is 0 Å². The predicted octanol–water partition coefficient (Wildman–Crippen LogP) is 1.51. The average molecular weight is 410 g/mol. The van der Waals surface area contributed by atoms with Gasteiger partial charge >= 0.3 is 0 Å². The first-order chi connectivity index (χ1) is 14.2. The summed E-state index contributed by atoms with van der Waals surface area (Å²) in [4.78, 5) is 26.1. The number of anilines is 2. The lowest BCUT2D eigenvalue weighted by Gasteiger charge is -2.29. The Labute approximate surface area is 169 Å². The molecule has 1 aliphatic heterocycles. The summed E-state index contributed by atoms with van der Waals surface area (Å²) < 4.78 is 7.77. The summed E-state index contributed by atoms with van der Waals surface area (Å²) in [5.41, 5.74) is 7.81. The van der Waals surface area contributed by atoms with Crippen molar-refractivity contribution < 1.29 is 9.53 Å². The van der Waals surface area contributed by atoms with E-state index in [2.05, 4.69) is 30.7 Å². The second-order valence-corrected chi connectivity index (χ2v) is 7.64. The lowest BCUT2D eigenvalue weighted by atomic mass is 10.1. The van der Waals surface area contributed by atoms with Gasteiger partial charge in [0.15, 0.2) is 11.5 Å². The van der Waals surface area contributed by atoms with Gasteiger partial charge in [0.25, 0.3) is 5.91 Å². The number of aromatic nitrogens is 5. The van der Waals surface area contributed by atoms with E-state index in [1.54, 1.807) is 34.6 Å². The normalized spacial score (nSPS) is 19.5. The van der Waals surface area contributed by atoms with Crippen LogP contribution in [0.5, 0.6) is 0 Å². The number of imidazole rings is 1. The minimum atomic E-state index is -0.281. The Kier molecular flexibility index (Phi) is 4.54. The Balaban J connectivity index is 1.41. The number of nitrogens with one attached hydrogen (secondary N) is 2. The molecule has 4 aromatic rings. The molecule has 0 aliphatic carbocycles. The second-order valence-electron chi connectivity index (χ2n) is 6.73. The van der Waals surface area contributed by atoms with Crippen LogP contribution in [0.1, 0.15) is 16.8 Å². The third-order valence-electron chi connectivity index (χ3n) is 4.79. The van der Waals surface area contributed by atoms with Crippen molar-refractivity contribution in [1.82, 2.24) is 24.6 Å². The molecule has 4 aromatic heterocycles. The minimum absolute atomic E-state index is 0.0290. The zero-order valence-corrected chi connectivity index (χ0v) is 16.1. The summed E-state index contributed by atoms with van der Waals surface area (Å²) in [5, 5.41) is 12.1. The van der Waals surface area contributed by atoms with Crippen LogP contribution in [0.2, 0.25) is 0 Å². The molecule has 29 heavy (non-hydrogen) atoms. The molecule has 5 rings (SSSR count). The lowest BCUT2D eigenvalue weighted by molar-refractivity contribution is 0.0751. The van der Waals surface area contributed by atoms with E-state index in [0.717, 1.165) is 11.1 Å². The van der Waals surface area contributed by atoms with Crippen molar-refractivity contribution in [3.8, 4) is 0 Å². The molecule has 5 heterocycles. The fraction of sp³-hybridized carbons (Fsp3) is 0.278. The summed E-state index contributed by atoms with van der Waals surface area (Å²) in [6.07, 6.45) is 5.70. The van der Waals surface area contributed by atoms with Gasteiger partial charge in [-0.05, 0) is 18.6 Å². The van der Waals surface area contributed by atoms with Gasteiger partial charge in [-0.15, -0.1) is 11.3 Å². The summed E-state index contributed by atoms with van der Waals surface area (Å²) >= 11 is 1.42. The number of nitrogens with zero attached hydrogens (tertiary/aromatic N) is 5. The van der Waals surface area contributed by atoms with Gasteiger partial charge in [-0.1, -0.05) is 0 Å². The molecule has 1 saturated heterocycles. The van der Waals surface area contributed by atoms with Crippen molar-refractivity contribution in [3.63, 3.8) is 0 Å². The number of rotatable bonds is 4. The molecule has 148 valence electrons. The molecule has 10 nitrogen and oxygen atoms in total. The third-order valence-corrected chi connectivity index (χ3v) is 5.70. The Hall–Kier alpha value is -3.15. The summed E-state index contributed by atoms with van der Waals surface area (Å²) in [6, 6.07) is 3.50. The van der Waals surface area contributed by atoms with Crippen LogP contribution in [-0.4, -0.2) is 55.8 Å². The molecule has 11 heteroatoms. The molecule has 0 radical (unpaired) electrons. The maximum absolute atomic E-state index is 12.9. The average Bonchev–Trinajstić information content (AvgIpc) is 3.34. The quantitative estimate of drug-likeness (QED) is 0.461. The summed E-state index contributed by atoms with van der Waals surface area (Å²) in [5.74, 6) is 0.658. The van der Waals surface area contributed by atoms with Crippen LogP contribution >= 0.6 is 11.3 Å². The standard InChI is InChI=1S/C18H18N8O2S/c19-11-8-28-5-3-12(11)23-18-21-6-13-16(25-18)10(9-29-13)17(27)24-15-7-20-14-2-1-4-22-26(14)15/h1-2,4,6-7,9,11-12H,3,5,8,19H2,(H,24,27)(H,21,23,25)/t11-,12+/m0/s1. The van der Waals surface area contributed by atoms with E-state index in [1.807, 2.05) is 6.07 Å². The van der Waals surface area contributed by atoms with Gasteiger partial charge in [-0.3, -0.25) is 4.79 Å². The number of hydrogen-bond donors (Lipinski definition) is 3. The zero-order valence-electron chi connectivity index (χ0n) is 15.3. The highest BCUT2D eigenvalue weighted by Gasteiger charge is 2.23. The number of nitrogens with two attached hydrogens (primary N) is 1. The molecule has 1 amide bonds. The monoisotopic (exact) mass is 410 g/mol. The first kappa shape index (κ1) is 17.9. The molecule has 2 atom stereocenters. The van der Waals surface area contributed by atoms with Crippen molar-refractivity contribution in [2.75, 3.05) is 23.8 Å². The smallest absolute Gasteiger partial charge is 0.259 e. The van der Waals surface area contributed by atoms with Crippen LogP contribution in [0, 0.1) is 0 Å². The topological polar surface area (TPSA) is 132 Å². The van der Waals surface area contributed by atoms with E-state index < -0.39 is 0 Å². The van der Waals surface area contributed by atoms with E-state index in [-0.39, 0.29) is 18.0 Å². The van der Waals surface area contributed by atoms with Gasteiger partial charge in [0.1, 0.15) is 0 Å². The first-order valence-corrected chi connectivity index (χ1v) is 10.0. The maximum atomic E-state index is 12.9. The Bertz CT molecular complexity index is 1190. The third kappa shape index (κ3) is 3.39. The van der Waals surface area contributed by atoms with Gasteiger partial charge in [0, 0.05) is 30.3 Å². The van der Waals surface area contributed by atoms with Crippen molar-refractivity contribution in [3.05, 3.63) is 41.7 Å². The SMILES string of the molecule is N[C@H]1COCC[C@H]1Nc1ncc2scc(C(=O)Nc3cnc4cccnn34)c2n1. The van der Waals surface area contributed by atoms with Gasteiger partial charge in [0.2, 0.25) is 5.95 Å². The molecule has 4 N–H and O–H groups in total. The number of hydrogen-bond acceptors (Lipinski definition) is 9. The lowest BCUT2D eigenvalue weighted by Crippen LogP contribution is -2.47. The molecule has 0 spiro atoms. The molecule has 0 unspecified atom stereocenters. The van der Waals surface area contributed by atoms with Crippen LogP contribution in [0.15, 0.2) is 36.1 Å². The van der Waals surface area contributed by atoms with Crippen LogP contribution in [0.3, 0.4) is 0 Å². The highest BCUT2D eigenvalue weighted by Crippen LogP contribution is 2.26.